The largest absolute Gasteiger partial charge is 0.377 e. The fraction of sp³-hybridized carbons (Fsp3) is 0.300. The van der Waals surface area contributed by atoms with Crippen LogP contribution in [0.4, 0.5) is 4.39 Å². The van der Waals surface area contributed by atoms with Crippen LogP contribution in [-0.2, 0) is 4.74 Å². The predicted octanol–water partition coefficient (Wildman–Crippen LogP) is 1.72. The molecule has 2 rings (SSSR count). The molecule has 1 N–H and O–H groups in total. The molecule has 5 heteroatoms. The normalized spacial score (nSPS) is 15.9. The molecule has 1 heterocycles. The van der Waals surface area contributed by atoms with Crippen LogP contribution in [0.2, 0.25) is 0 Å². The molecule has 1 aromatic rings. The maximum Gasteiger partial charge on any atom is 0.252 e. The standard InChI is InChI=1S/C10H9BrFNO2/c11-9-7(2-1-3-8(9)12)10(14)13-6-4-15-5-6/h1-3,6H,4-5H2,(H,13,14). The molecule has 0 atom stereocenters. The van der Waals surface area contributed by atoms with Crippen LogP contribution in [0.5, 0.6) is 0 Å². The molecule has 80 valence electrons. The summed E-state index contributed by atoms with van der Waals surface area (Å²) in [5.41, 5.74) is 0.307. The third-order valence-electron chi connectivity index (χ3n) is 2.17. The molecule has 0 bridgehead atoms. The third-order valence-corrected chi connectivity index (χ3v) is 2.98. The van der Waals surface area contributed by atoms with Gasteiger partial charge in [0.15, 0.2) is 0 Å². The lowest BCUT2D eigenvalue weighted by Gasteiger charge is -2.26. The molecule has 1 saturated heterocycles. The molecule has 0 spiro atoms. The summed E-state index contributed by atoms with van der Waals surface area (Å²) in [5, 5.41) is 2.74. The average molecular weight is 274 g/mol. The van der Waals surface area contributed by atoms with Gasteiger partial charge in [0.25, 0.3) is 5.91 Å². The first kappa shape index (κ1) is 10.6. The lowest BCUT2D eigenvalue weighted by atomic mass is 10.2. The zero-order chi connectivity index (χ0) is 10.8. The molecule has 1 amide bonds. The summed E-state index contributed by atoms with van der Waals surface area (Å²) in [7, 11) is 0. The van der Waals surface area contributed by atoms with E-state index in [1.165, 1.54) is 12.1 Å². The third kappa shape index (κ3) is 2.18. The quantitative estimate of drug-likeness (QED) is 0.891. The number of amides is 1. The summed E-state index contributed by atoms with van der Waals surface area (Å²) in [6.45, 7) is 1.05. The second-order valence-electron chi connectivity index (χ2n) is 3.31. The molecule has 3 nitrogen and oxygen atoms in total. The minimum atomic E-state index is -0.437. The van der Waals surface area contributed by atoms with E-state index < -0.39 is 5.82 Å². The van der Waals surface area contributed by atoms with Crippen molar-refractivity contribution in [3.8, 4) is 0 Å². The van der Waals surface area contributed by atoms with Crippen molar-refractivity contribution in [2.45, 2.75) is 6.04 Å². The molecule has 0 saturated carbocycles. The number of rotatable bonds is 2. The van der Waals surface area contributed by atoms with E-state index in [0.717, 1.165) is 0 Å². The van der Waals surface area contributed by atoms with Gasteiger partial charge in [0.2, 0.25) is 0 Å². The number of ether oxygens (including phenoxy) is 1. The van der Waals surface area contributed by atoms with Gasteiger partial charge < -0.3 is 10.1 Å². The van der Waals surface area contributed by atoms with Gasteiger partial charge in [0, 0.05) is 0 Å². The maximum absolute atomic E-state index is 13.1. The molecule has 1 aromatic carbocycles. The van der Waals surface area contributed by atoms with E-state index in [1.54, 1.807) is 6.07 Å². The predicted molar refractivity (Wildman–Crippen MR) is 56.2 cm³/mol. The molecule has 0 radical (unpaired) electrons. The van der Waals surface area contributed by atoms with Crippen molar-refractivity contribution in [3.05, 3.63) is 34.1 Å². The highest BCUT2D eigenvalue weighted by atomic mass is 79.9. The van der Waals surface area contributed by atoms with Gasteiger partial charge in [-0.05, 0) is 28.1 Å². The fourth-order valence-corrected chi connectivity index (χ4v) is 1.71. The van der Waals surface area contributed by atoms with Crippen molar-refractivity contribution < 1.29 is 13.9 Å². The highest BCUT2D eigenvalue weighted by Gasteiger charge is 2.22. The zero-order valence-electron chi connectivity index (χ0n) is 7.80. The summed E-state index contributed by atoms with van der Waals surface area (Å²) < 4.78 is 18.2. The van der Waals surface area contributed by atoms with Gasteiger partial charge in [0.05, 0.1) is 29.3 Å². The second kappa shape index (κ2) is 4.28. The van der Waals surface area contributed by atoms with Crippen LogP contribution in [-0.4, -0.2) is 25.2 Å². The van der Waals surface area contributed by atoms with Gasteiger partial charge in [-0.1, -0.05) is 6.07 Å². The molecule has 1 aliphatic rings. The van der Waals surface area contributed by atoms with Gasteiger partial charge >= 0.3 is 0 Å². The molecular formula is C10H9BrFNO2. The van der Waals surface area contributed by atoms with E-state index in [0.29, 0.717) is 18.8 Å². The van der Waals surface area contributed by atoms with Crippen LogP contribution in [0.1, 0.15) is 10.4 Å². The highest BCUT2D eigenvalue weighted by molar-refractivity contribution is 9.10. The average Bonchev–Trinajstić information content (AvgIpc) is 2.15. The molecule has 1 aliphatic heterocycles. The number of nitrogens with one attached hydrogen (secondary N) is 1. The fourth-order valence-electron chi connectivity index (χ4n) is 1.26. The first-order valence-electron chi connectivity index (χ1n) is 4.51. The van der Waals surface area contributed by atoms with E-state index in [2.05, 4.69) is 21.2 Å². The Labute approximate surface area is 94.7 Å². The van der Waals surface area contributed by atoms with Gasteiger partial charge in [-0.2, -0.15) is 0 Å². The van der Waals surface area contributed by atoms with Crippen molar-refractivity contribution in [2.24, 2.45) is 0 Å². The number of halogens is 2. The topological polar surface area (TPSA) is 38.3 Å². The molecule has 1 fully saturated rings. The number of hydrogen-bond acceptors (Lipinski definition) is 2. The lowest BCUT2D eigenvalue weighted by molar-refractivity contribution is -0.00348. The van der Waals surface area contributed by atoms with E-state index >= 15 is 0 Å². The Morgan fingerprint density at radius 2 is 2.27 bits per heavy atom. The Balaban J connectivity index is 2.13. The monoisotopic (exact) mass is 273 g/mol. The van der Waals surface area contributed by atoms with Crippen LogP contribution >= 0.6 is 15.9 Å². The van der Waals surface area contributed by atoms with Gasteiger partial charge in [-0.25, -0.2) is 4.39 Å². The van der Waals surface area contributed by atoms with Crippen LogP contribution in [0, 0.1) is 5.82 Å². The van der Waals surface area contributed by atoms with E-state index in [-0.39, 0.29) is 16.4 Å². The smallest absolute Gasteiger partial charge is 0.252 e. The zero-order valence-corrected chi connectivity index (χ0v) is 9.38. The summed E-state index contributed by atoms with van der Waals surface area (Å²) in [6.07, 6.45) is 0. The van der Waals surface area contributed by atoms with Crippen molar-refractivity contribution in [3.63, 3.8) is 0 Å². The number of carbonyl (C=O) groups is 1. The first-order chi connectivity index (χ1) is 7.18. The first-order valence-corrected chi connectivity index (χ1v) is 5.30. The Morgan fingerprint density at radius 1 is 1.53 bits per heavy atom. The number of benzene rings is 1. The van der Waals surface area contributed by atoms with Gasteiger partial charge in [-0.3, -0.25) is 4.79 Å². The van der Waals surface area contributed by atoms with Crippen molar-refractivity contribution in [2.75, 3.05) is 13.2 Å². The van der Waals surface area contributed by atoms with Crippen LogP contribution in [0.15, 0.2) is 22.7 Å². The SMILES string of the molecule is O=C(NC1COC1)c1cccc(F)c1Br. The molecule has 15 heavy (non-hydrogen) atoms. The molecule has 0 unspecified atom stereocenters. The Bertz CT molecular complexity index is 393. The summed E-state index contributed by atoms with van der Waals surface area (Å²) in [4.78, 5) is 11.7. The van der Waals surface area contributed by atoms with Gasteiger partial charge in [0.1, 0.15) is 5.82 Å². The van der Waals surface area contributed by atoms with Crippen LogP contribution in [0.25, 0.3) is 0 Å². The van der Waals surface area contributed by atoms with Crippen LogP contribution < -0.4 is 5.32 Å². The molecular weight excluding hydrogens is 265 g/mol. The van der Waals surface area contributed by atoms with E-state index in [4.69, 9.17) is 4.74 Å². The summed E-state index contributed by atoms with van der Waals surface area (Å²) in [6, 6.07) is 4.43. The number of hydrogen-bond donors (Lipinski definition) is 1. The van der Waals surface area contributed by atoms with Crippen molar-refractivity contribution in [1.29, 1.82) is 0 Å². The van der Waals surface area contributed by atoms with Crippen molar-refractivity contribution in [1.82, 2.24) is 5.32 Å². The van der Waals surface area contributed by atoms with E-state index in [9.17, 15) is 9.18 Å². The highest BCUT2D eigenvalue weighted by Crippen LogP contribution is 2.20. The van der Waals surface area contributed by atoms with Crippen molar-refractivity contribution >= 4 is 21.8 Å². The Kier molecular flexibility index (Phi) is 3.02. The Hall–Kier alpha value is -0.940. The molecule has 0 aromatic heterocycles. The Morgan fingerprint density at radius 3 is 2.87 bits per heavy atom. The number of carbonyl (C=O) groups excluding carboxylic acids is 1. The maximum atomic E-state index is 13.1. The van der Waals surface area contributed by atoms with E-state index in [1.807, 2.05) is 0 Å². The van der Waals surface area contributed by atoms with Gasteiger partial charge in [-0.15, -0.1) is 0 Å². The minimum Gasteiger partial charge on any atom is -0.377 e. The summed E-state index contributed by atoms with van der Waals surface area (Å²) in [5.74, 6) is -0.720. The summed E-state index contributed by atoms with van der Waals surface area (Å²) >= 11 is 3.04. The second-order valence-corrected chi connectivity index (χ2v) is 4.10. The van der Waals surface area contributed by atoms with Crippen LogP contribution in [0.3, 0.4) is 0 Å². The minimum absolute atomic E-state index is 0.0488. The lowest BCUT2D eigenvalue weighted by Crippen LogP contribution is -2.48. The molecule has 0 aliphatic carbocycles.